The summed E-state index contributed by atoms with van der Waals surface area (Å²) in [6, 6.07) is 3.92. The van der Waals surface area contributed by atoms with Crippen molar-refractivity contribution >= 4 is 27.6 Å². The topological polar surface area (TPSA) is 68.3 Å². The Morgan fingerprint density at radius 2 is 1.85 bits per heavy atom. The van der Waals surface area contributed by atoms with Gasteiger partial charge in [0.25, 0.3) is 5.91 Å². The third kappa shape index (κ3) is 3.45. The minimum absolute atomic E-state index is 0.0878. The van der Waals surface area contributed by atoms with E-state index >= 15 is 0 Å². The minimum atomic E-state index is -0.994. The first-order valence-corrected chi connectivity index (χ1v) is 9.71. The molecular formula is C19H25BrN2O5. The van der Waals surface area contributed by atoms with Gasteiger partial charge >= 0.3 is 0 Å². The summed E-state index contributed by atoms with van der Waals surface area (Å²) >= 11 is 3.55. The lowest BCUT2D eigenvalue weighted by Crippen LogP contribution is -2.56. The van der Waals surface area contributed by atoms with Gasteiger partial charge in [-0.05, 0) is 49.4 Å². The number of carbonyl (C=O) groups is 2. The normalized spacial score (nSPS) is 22.9. The van der Waals surface area contributed by atoms with E-state index in [0.29, 0.717) is 31.5 Å². The maximum absolute atomic E-state index is 13.6. The summed E-state index contributed by atoms with van der Waals surface area (Å²) in [6.07, 6.45) is 0.905. The molecule has 0 aromatic heterocycles. The lowest BCUT2D eigenvalue weighted by atomic mass is 9.80. The fraction of sp³-hybridized carbons (Fsp3) is 0.579. The largest absolute Gasteiger partial charge is 0.356 e. The number of carbonyl (C=O) groups excluding carboxylic acids is 2. The molecule has 1 spiro atoms. The molecule has 0 aliphatic carbocycles. The van der Waals surface area contributed by atoms with E-state index in [-0.39, 0.29) is 18.5 Å². The molecule has 27 heavy (non-hydrogen) atoms. The van der Waals surface area contributed by atoms with Crippen molar-refractivity contribution in [3.8, 4) is 0 Å². The second-order valence-corrected chi connectivity index (χ2v) is 7.94. The molecule has 0 saturated carbocycles. The van der Waals surface area contributed by atoms with Gasteiger partial charge in [0.1, 0.15) is 11.5 Å². The van der Waals surface area contributed by atoms with E-state index in [2.05, 4.69) is 15.9 Å². The lowest BCUT2D eigenvalue weighted by Gasteiger charge is -2.41. The molecule has 2 fully saturated rings. The number of methoxy groups -OCH3 is 1. The number of halogens is 1. The molecular weight excluding hydrogens is 416 g/mol. The van der Waals surface area contributed by atoms with Gasteiger partial charge in [0.05, 0.1) is 7.11 Å². The lowest BCUT2D eigenvalue weighted by molar-refractivity contribution is -0.256. The Labute approximate surface area is 167 Å². The molecule has 0 bridgehead atoms. The Kier molecular flexibility index (Phi) is 6.02. The Bertz CT molecular complexity index is 723. The Morgan fingerprint density at radius 1 is 1.19 bits per heavy atom. The van der Waals surface area contributed by atoms with Crippen LogP contribution in [0.2, 0.25) is 0 Å². The van der Waals surface area contributed by atoms with Gasteiger partial charge < -0.3 is 9.57 Å². The highest BCUT2D eigenvalue weighted by Gasteiger charge is 2.61. The van der Waals surface area contributed by atoms with E-state index < -0.39 is 11.5 Å². The van der Waals surface area contributed by atoms with Gasteiger partial charge in [-0.15, -0.1) is 0 Å². The second-order valence-electron chi connectivity index (χ2n) is 7.09. The van der Waals surface area contributed by atoms with Crippen LogP contribution in [0.15, 0.2) is 16.6 Å². The van der Waals surface area contributed by atoms with Crippen LogP contribution < -0.4 is 0 Å². The van der Waals surface area contributed by atoms with Gasteiger partial charge in [0.15, 0.2) is 12.6 Å². The van der Waals surface area contributed by atoms with Gasteiger partial charge in [-0.25, -0.2) is 9.90 Å². The van der Waals surface area contributed by atoms with Crippen molar-refractivity contribution in [1.29, 1.82) is 0 Å². The summed E-state index contributed by atoms with van der Waals surface area (Å²) in [5.41, 5.74) is 1.70. The molecule has 7 nitrogen and oxygen atoms in total. The third-order valence-electron chi connectivity index (χ3n) is 5.43. The summed E-state index contributed by atoms with van der Waals surface area (Å²) < 4.78 is 5.76. The summed E-state index contributed by atoms with van der Waals surface area (Å²) in [5, 5.41) is 3.06. The number of Topliss-reactive ketones (excluding diaryl/α,β-unsaturated/α-hetero) is 1. The van der Waals surface area contributed by atoms with E-state index in [0.717, 1.165) is 15.6 Å². The van der Waals surface area contributed by atoms with Gasteiger partial charge in [-0.1, -0.05) is 22.0 Å². The first-order valence-electron chi connectivity index (χ1n) is 8.91. The predicted molar refractivity (Wildman–Crippen MR) is 102 cm³/mol. The summed E-state index contributed by atoms with van der Waals surface area (Å²) in [5.74, 6) is -1.34. The molecule has 0 N–H and O–H groups in total. The molecule has 0 radical (unpaired) electrons. The molecule has 1 unspecified atom stereocenters. The molecule has 2 aliphatic heterocycles. The molecule has 1 amide bonds. The number of amides is 1. The SMILES string of the molecule is COCON1C(=O)C(c2c(C)cc(C)cc2Br)C(=O)C12CCN(OC)CC2. The van der Waals surface area contributed by atoms with E-state index in [1.165, 1.54) is 12.2 Å². The van der Waals surface area contributed by atoms with E-state index in [1.807, 2.05) is 26.0 Å². The smallest absolute Gasteiger partial charge is 0.262 e. The molecule has 1 aromatic carbocycles. The fourth-order valence-corrected chi connectivity index (χ4v) is 5.04. The van der Waals surface area contributed by atoms with E-state index in [9.17, 15) is 9.59 Å². The molecule has 2 heterocycles. The van der Waals surface area contributed by atoms with Crippen molar-refractivity contribution in [2.24, 2.45) is 0 Å². The highest BCUT2D eigenvalue weighted by atomic mass is 79.9. The number of ketones is 1. The highest BCUT2D eigenvalue weighted by molar-refractivity contribution is 9.10. The summed E-state index contributed by atoms with van der Waals surface area (Å²) in [4.78, 5) is 37.8. The van der Waals surface area contributed by atoms with Crippen molar-refractivity contribution in [2.75, 3.05) is 34.1 Å². The maximum atomic E-state index is 13.6. The van der Waals surface area contributed by atoms with Crippen LogP contribution >= 0.6 is 15.9 Å². The first-order chi connectivity index (χ1) is 12.9. The zero-order chi connectivity index (χ0) is 19.8. The highest BCUT2D eigenvalue weighted by Crippen LogP contribution is 2.45. The Morgan fingerprint density at radius 3 is 2.41 bits per heavy atom. The van der Waals surface area contributed by atoms with E-state index in [1.54, 1.807) is 12.2 Å². The molecule has 8 heteroatoms. The number of piperidine rings is 1. The summed E-state index contributed by atoms with van der Waals surface area (Å²) in [6.45, 7) is 4.91. The zero-order valence-electron chi connectivity index (χ0n) is 16.1. The third-order valence-corrected chi connectivity index (χ3v) is 6.09. The average Bonchev–Trinajstić information content (AvgIpc) is 2.82. The quantitative estimate of drug-likeness (QED) is 0.517. The Hall–Kier alpha value is -1.32. The number of benzene rings is 1. The molecule has 2 saturated heterocycles. The number of hydrogen-bond donors (Lipinski definition) is 0. The number of hydroxylamine groups is 4. The number of nitrogens with zero attached hydrogens (tertiary/aromatic N) is 2. The Balaban J connectivity index is 2.03. The molecule has 1 atom stereocenters. The minimum Gasteiger partial charge on any atom is -0.356 e. The van der Waals surface area contributed by atoms with E-state index in [4.69, 9.17) is 14.4 Å². The summed E-state index contributed by atoms with van der Waals surface area (Å²) in [7, 11) is 3.09. The standard InChI is InChI=1S/C19H25BrN2O5/c1-12-9-13(2)15(14(20)10-12)16-17(23)19(5-7-21(26-4)8-6-19)22(18(16)24)27-11-25-3/h9-10,16H,5-8,11H2,1-4H3. The van der Waals surface area contributed by atoms with Crippen molar-refractivity contribution in [3.63, 3.8) is 0 Å². The average molecular weight is 441 g/mol. The van der Waals surface area contributed by atoms with Crippen molar-refractivity contribution in [2.45, 2.75) is 38.1 Å². The fourth-order valence-electron chi connectivity index (χ4n) is 4.14. The van der Waals surface area contributed by atoms with Crippen LogP contribution in [0.1, 0.15) is 35.4 Å². The van der Waals surface area contributed by atoms with Crippen LogP contribution in [0.5, 0.6) is 0 Å². The van der Waals surface area contributed by atoms with Crippen molar-refractivity contribution < 1.29 is 24.0 Å². The van der Waals surface area contributed by atoms with Crippen molar-refractivity contribution in [1.82, 2.24) is 10.1 Å². The predicted octanol–water partition coefficient (Wildman–Crippen LogP) is 2.49. The molecule has 148 valence electrons. The van der Waals surface area contributed by atoms with Crippen molar-refractivity contribution in [3.05, 3.63) is 33.3 Å². The monoisotopic (exact) mass is 440 g/mol. The van der Waals surface area contributed by atoms with Crippen LogP contribution in [0, 0.1) is 13.8 Å². The van der Waals surface area contributed by atoms with Gasteiger partial charge in [0, 0.05) is 24.7 Å². The zero-order valence-corrected chi connectivity index (χ0v) is 17.7. The van der Waals surface area contributed by atoms with Crippen LogP contribution in [-0.4, -0.2) is 61.5 Å². The number of ether oxygens (including phenoxy) is 1. The first kappa shape index (κ1) is 20.4. The van der Waals surface area contributed by atoms with Gasteiger partial charge in [0.2, 0.25) is 0 Å². The van der Waals surface area contributed by atoms with Crippen LogP contribution in [0.3, 0.4) is 0 Å². The number of hydrogen-bond acceptors (Lipinski definition) is 6. The van der Waals surface area contributed by atoms with Gasteiger partial charge in [-0.3, -0.25) is 9.59 Å². The molecule has 1 aromatic rings. The molecule has 3 rings (SSSR count). The van der Waals surface area contributed by atoms with Crippen LogP contribution in [0.4, 0.5) is 0 Å². The second kappa shape index (κ2) is 7.97. The van der Waals surface area contributed by atoms with Crippen LogP contribution in [-0.2, 0) is 24.0 Å². The number of aryl methyl sites for hydroxylation is 2. The van der Waals surface area contributed by atoms with Gasteiger partial charge in [-0.2, -0.15) is 5.06 Å². The molecule has 2 aliphatic rings. The van der Waals surface area contributed by atoms with Crippen LogP contribution in [0.25, 0.3) is 0 Å². The number of rotatable bonds is 5. The maximum Gasteiger partial charge on any atom is 0.262 e.